The van der Waals surface area contributed by atoms with Crippen molar-refractivity contribution in [2.75, 3.05) is 11.9 Å². The zero-order valence-electron chi connectivity index (χ0n) is 12.2. The summed E-state index contributed by atoms with van der Waals surface area (Å²) in [4.78, 5) is 26.9. The lowest BCUT2D eigenvalue weighted by Gasteiger charge is -2.13. The number of carboxylic acid groups (broad SMARTS) is 1. The minimum Gasteiger partial charge on any atom is -0.543 e. The molecule has 0 bridgehead atoms. The monoisotopic (exact) mass is 319 g/mol. The number of anilines is 1. The molecule has 22 heavy (non-hydrogen) atoms. The van der Waals surface area contributed by atoms with Crippen molar-refractivity contribution in [1.29, 1.82) is 0 Å². The lowest BCUT2D eigenvalue weighted by Crippen LogP contribution is -2.23. The van der Waals surface area contributed by atoms with E-state index in [1.165, 1.54) is 5.38 Å². The minimum atomic E-state index is -1.35. The van der Waals surface area contributed by atoms with Gasteiger partial charge in [0.1, 0.15) is 10.8 Å². The van der Waals surface area contributed by atoms with Crippen LogP contribution in [-0.2, 0) is 4.79 Å². The number of rotatable bonds is 6. The predicted molar refractivity (Wildman–Crippen MR) is 81.1 cm³/mol. The van der Waals surface area contributed by atoms with Gasteiger partial charge in [-0.1, -0.05) is 12.1 Å². The number of aromatic nitrogens is 1. The summed E-state index contributed by atoms with van der Waals surface area (Å²) in [5, 5.41) is 15.3. The van der Waals surface area contributed by atoms with Crippen LogP contribution in [0.3, 0.4) is 0 Å². The Balaban J connectivity index is 2.12. The first-order valence-corrected chi connectivity index (χ1v) is 7.60. The molecule has 0 aliphatic rings. The highest BCUT2D eigenvalue weighted by molar-refractivity contribution is 7.10. The summed E-state index contributed by atoms with van der Waals surface area (Å²) >= 11 is 1.12. The molecule has 0 saturated heterocycles. The molecular formula is C15H15N2O4S-. The third kappa shape index (κ3) is 3.62. The fourth-order valence-corrected chi connectivity index (χ4v) is 2.63. The Bertz CT molecular complexity index is 684. The number of carbonyl (C=O) groups is 2. The molecule has 2 aromatic rings. The second-order valence-electron chi connectivity index (χ2n) is 4.50. The van der Waals surface area contributed by atoms with E-state index in [2.05, 4.69) is 10.3 Å². The maximum atomic E-state index is 12.3. The van der Waals surface area contributed by atoms with E-state index in [9.17, 15) is 14.7 Å². The van der Waals surface area contributed by atoms with E-state index >= 15 is 0 Å². The van der Waals surface area contributed by atoms with Gasteiger partial charge in [-0.3, -0.25) is 4.79 Å². The molecule has 1 aromatic carbocycles. The van der Waals surface area contributed by atoms with Crippen LogP contribution >= 0.6 is 11.3 Å². The van der Waals surface area contributed by atoms with Crippen LogP contribution in [0.1, 0.15) is 35.3 Å². The Morgan fingerprint density at radius 1 is 1.41 bits per heavy atom. The van der Waals surface area contributed by atoms with Crippen molar-refractivity contribution >= 4 is 28.9 Å². The highest BCUT2D eigenvalue weighted by atomic mass is 32.1. The maximum absolute atomic E-state index is 12.3. The molecule has 0 aliphatic carbocycles. The summed E-state index contributed by atoms with van der Waals surface area (Å²) in [7, 11) is 0. The quantitative estimate of drug-likeness (QED) is 0.874. The van der Waals surface area contributed by atoms with Gasteiger partial charge in [0.15, 0.2) is 0 Å². The maximum Gasteiger partial charge on any atom is 0.234 e. The number of para-hydroxylation sites is 2. The number of thiazole rings is 1. The molecule has 0 saturated carbocycles. The Kier molecular flexibility index (Phi) is 5.11. The minimum absolute atomic E-state index is 0.158. The average molecular weight is 319 g/mol. The Labute approximate surface area is 131 Å². The SMILES string of the molecule is CCOc1ccccc1NC(=O)[C@@H](C)c1nc(C(=O)[O-])cs1. The van der Waals surface area contributed by atoms with Gasteiger partial charge < -0.3 is 20.0 Å². The van der Waals surface area contributed by atoms with Crippen molar-refractivity contribution in [2.24, 2.45) is 0 Å². The molecule has 0 radical (unpaired) electrons. The Morgan fingerprint density at radius 2 is 2.14 bits per heavy atom. The van der Waals surface area contributed by atoms with Gasteiger partial charge in [-0.15, -0.1) is 11.3 Å². The first kappa shape index (κ1) is 16.0. The summed E-state index contributed by atoms with van der Waals surface area (Å²) in [6.07, 6.45) is 0. The van der Waals surface area contributed by atoms with Gasteiger partial charge in [-0.25, -0.2) is 4.98 Å². The molecule has 0 fully saturated rings. The highest BCUT2D eigenvalue weighted by Gasteiger charge is 2.20. The smallest absolute Gasteiger partial charge is 0.234 e. The van der Waals surface area contributed by atoms with Crippen molar-refractivity contribution in [3.63, 3.8) is 0 Å². The third-order valence-electron chi connectivity index (χ3n) is 2.94. The van der Waals surface area contributed by atoms with E-state index in [4.69, 9.17) is 4.74 Å². The molecular weight excluding hydrogens is 304 g/mol. The number of ether oxygens (including phenoxy) is 1. The normalized spacial score (nSPS) is 11.7. The zero-order valence-corrected chi connectivity index (χ0v) is 13.0. The average Bonchev–Trinajstić information content (AvgIpc) is 2.98. The van der Waals surface area contributed by atoms with Crippen LogP contribution < -0.4 is 15.2 Å². The molecule has 1 amide bonds. The molecule has 0 unspecified atom stereocenters. The van der Waals surface area contributed by atoms with Gasteiger partial charge >= 0.3 is 0 Å². The molecule has 1 aromatic heterocycles. The van der Waals surface area contributed by atoms with Gasteiger partial charge in [0.25, 0.3) is 0 Å². The van der Waals surface area contributed by atoms with Gasteiger partial charge in [0, 0.05) is 5.38 Å². The van der Waals surface area contributed by atoms with E-state index in [1.807, 2.05) is 13.0 Å². The fraction of sp³-hybridized carbons (Fsp3) is 0.267. The van der Waals surface area contributed by atoms with Gasteiger partial charge in [-0.05, 0) is 26.0 Å². The van der Waals surface area contributed by atoms with E-state index in [-0.39, 0.29) is 11.6 Å². The van der Waals surface area contributed by atoms with Crippen LogP contribution in [0.4, 0.5) is 5.69 Å². The topological polar surface area (TPSA) is 91.3 Å². The summed E-state index contributed by atoms with van der Waals surface area (Å²) in [5.74, 6) is -1.63. The van der Waals surface area contributed by atoms with E-state index in [1.54, 1.807) is 25.1 Å². The number of nitrogens with zero attached hydrogens (tertiary/aromatic N) is 1. The number of aromatic carboxylic acids is 1. The molecule has 1 heterocycles. The van der Waals surface area contributed by atoms with Crippen molar-refractivity contribution < 1.29 is 19.4 Å². The molecule has 2 rings (SSSR count). The third-order valence-corrected chi connectivity index (χ3v) is 3.97. The second-order valence-corrected chi connectivity index (χ2v) is 5.39. The number of hydrogen-bond acceptors (Lipinski definition) is 6. The van der Waals surface area contributed by atoms with Crippen molar-refractivity contribution in [2.45, 2.75) is 19.8 Å². The molecule has 7 heteroatoms. The van der Waals surface area contributed by atoms with Crippen LogP contribution in [-0.4, -0.2) is 23.5 Å². The molecule has 1 atom stereocenters. The summed E-state index contributed by atoms with van der Waals surface area (Å²) in [6, 6.07) is 7.11. The molecule has 6 nitrogen and oxygen atoms in total. The Morgan fingerprint density at radius 3 is 2.77 bits per heavy atom. The molecule has 0 spiro atoms. The van der Waals surface area contributed by atoms with Crippen molar-refractivity contribution in [3.8, 4) is 5.75 Å². The standard InChI is InChI=1S/C15H16N2O4S/c1-3-21-12-7-5-4-6-10(12)16-13(18)9(2)14-17-11(8-22-14)15(19)20/h4-9H,3H2,1-2H3,(H,16,18)(H,19,20)/p-1/t9-/m1/s1. The van der Waals surface area contributed by atoms with E-state index < -0.39 is 11.9 Å². The molecule has 0 aliphatic heterocycles. The lowest BCUT2D eigenvalue weighted by atomic mass is 10.1. The molecule has 116 valence electrons. The van der Waals surface area contributed by atoms with Crippen LogP contribution in [0.2, 0.25) is 0 Å². The number of carbonyl (C=O) groups excluding carboxylic acids is 2. The number of benzene rings is 1. The Hall–Kier alpha value is -2.41. The van der Waals surface area contributed by atoms with Crippen LogP contribution in [0.5, 0.6) is 5.75 Å². The highest BCUT2D eigenvalue weighted by Crippen LogP contribution is 2.26. The number of nitrogens with one attached hydrogen (secondary N) is 1. The number of hydrogen-bond donors (Lipinski definition) is 1. The second kappa shape index (κ2) is 7.04. The van der Waals surface area contributed by atoms with Gasteiger partial charge in [0.2, 0.25) is 5.91 Å². The van der Waals surface area contributed by atoms with Gasteiger partial charge in [0.05, 0.1) is 29.9 Å². The van der Waals surface area contributed by atoms with Crippen molar-refractivity contribution in [1.82, 2.24) is 4.98 Å². The molecule has 1 N–H and O–H groups in total. The summed E-state index contributed by atoms with van der Waals surface area (Å²) in [6.45, 7) is 4.01. The van der Waals surface area contributed by atoms with E-state index in [0.717, 1.165) is 11.3 Å². The van der Waals surface area contributed by atoms with Crippen LogP contribution in [0, 0.1) is 0 Å². The zero-order chi connectivity index (χ0) is 16.1. The fourth-order valence-electron chi connectivity index (χ4n) is 1.78. The van der Waals surface area contributed by atoms with Gasteiger partial charge in [-0.2, -0.15) is 0 Å². The van der Waals surface area contributed by atoms with Crippen LogP contribution in [0.25, 0.3) is 0 Å². The largest absolute Gasteiger partial charge is 0.543 e. The summed E-state index contributed by atoms with van der Waals surface area (Å²) in [5.41, 5.74) is 0.409. The predicted octanol–water partition coefficient (Wildman–Crippen LogP) is 1.65. The van der Waals surface area contributed by atoms with E-state index in [0.29, 0.717) is 23.1 Å². The van der Waals surface area contributed by atoms with Crippen LogP contribution in [0.15, 0.2) is 29.6 Å². The number of amides is 1. The first-order chi connectivity index (χ1) is 10.5. The summed E-state index contributed by atoms with van der Waals surface area (Å²) < 4.78 is 5.45. The number of carboxylic acids is 1. The first-order valence-electron chi connectivity index (χ1n) is 6.72. The van der Waals surface area contributed by atoms with Crippen molar-refractivity contribution in [3.05, 3.63) is 40.3 Å². The lowest BCUT2D eigenvalue weighted by molar-refractivity contribution is -0.255.